The number of rotatable bonds is 4. The van der Waals surface area contributed by atoms with Crippen LogP contribution in [0.15, 0.2) is 34.5 Å². The average Bonchev–Trinajstić information content (AvgIpc) is 3.16. The Balaban J connectivity index is 1.59. The van der Waals surface area contributed by atoms with Crippen LogP contribution in [-0.4, -0.2) is 55.0 Å². The van der Waals surface area contributed by atoms with Crippen LogP contribution in [0.2, 0.25) is 5.02 Å². The van der Waals surface area contributed by atoms with Crippen molar-refractivity contribution < 1.29 is 9.59 Å². The standard InChI is InChI=1S/C21H27ClN4O2/c1-14-17(22)6-4-8-19(14)25-9-11-26(12-10-25)20(28)13-24-18-7-3-5-16(18)21(23)15(2)27/h4,6,8H,3,5,7,9-13,23H2,1-2H3/b21-16-,24-18?. The maximum absolute atomic E-state index is 12.6. The quantitative estimate of drug-likeness (QED) is 0.785. The fourth-order valence-corrected chi connectivity index (χ4v) is 3.97. The Bertz CT molecular complexity index is 839. The van der Waals surface area contributed by atoms with E-state index in [1.54, 1.807) is 0 Å². The van der Waals surface area contributed by atoms with Crippen LogP contribution in [0.5, 0.6) is 0 Å². The van der Waals surface area contributed by atoms with E-state index in [9.17, 15) is 9.59 Å². The highest BCUT2D eigenvalue weighted by atomic mass is 35.5. The molecule has 1 saturated carbocycles. The Morgan fingerprint density at radius 1 is 1.18 bits per heavy atom. The maximum Gasteiger partial charge on any atom is 0.244 e. The van der Waals surface area contributed by atoms with Gasteiger partial charge in [-0.3, -0.25) is 14.6 Å². The molecule has 6 nitrogen and oxygen atoms in total. The second-order valence-corrected chi connectivity index (χ2v) is 7.72. The minimum atomic E-state index is -0.136. The van der Waals surface area contributed by atoms with Gasteiger partial charge in [0, 0.05) is 49.5 Å². The first-order chi connectivity index (χ1) is 13.4. The van der Waals surface area contributed by atoms with Crippen molar-refractivity contribution in [2.45, 2.75) is 33.1 Å². The highest BCUT2D eigenvalue weighted by Crippen LogP contribution is 2.27. The van der Waals surface area contributed by atoms with E-state index >= 15 is 0 Å². The van der Waals surface area contributed by atoms with Gasteiger partial charge in [-0.05, 0) is 49.5 Å². The Hall–Kier alpha value is -2.34. The lowest BCUT2D eigenvalue weighted by Crippen LogP contribution is -2.49. The Morgan fingerprint density at radius 3 is 2.57 bits per heavy atom. The van der Waals surface area contributed by atoms with Crippen LogP contribution < -0.4 is 10.6 Å². The fourth-order valence-electron chi connectivity index (χ4n) is 3.80. The lowest BCUT2D eigenvalue weighted by atomic mass is 10.1. The molecule has 28 heavy (non-hydrogen) atoms. The molecule has 1 saturated heterocycles. The van der Waals surface area contributed by atoms with Gasteiger partial charge in [0.15, 0.2) is 5.78 Å². The number of hydrogen-bond donors (Lipinski definition) is 1. The van der Waals surface area contributed by atoms with E-state index in [0.717, 1.165) is 59.9 Å². The Kier molecular flexibility index (Phi) is 6.39. The van der Waals surface area contributed by atoms with E-state index in [2.05, 4.69) is 16.0 Å². The molecule has 2 N–H and O–H groups in total. The van der Waals surface area contributed by atoms with Crippen molar-refractivity contribution >= 4 is 34.7 Å². The van der Waals surface area contributed by atoms with Gasteiger partial charge in [0.25, 0.3) is 0 Å². The number of nitrogens with two attached hydrogens (primary N) is 1. The lowest BCUT2D eigenvalue weighted by molar-refractivity contribution is -0.129. The predicted molar refractivity (Wildman–Crippen MR) is 113 cm³/mol. The minimum absolute atomic E-state index is 0.0163. The number of nitrogens with zero attached hydrogens (tertiary/aromatic N) is 3. The number of halogens is 1. The number of Topliss-reactive ketones (excluding diaryl/α,β-unsaturated/α-hetero) is 1. The molecule has 0 bridgehead atoms. The maximum atomic E-state index is 12.6. The van der Waals surface area contributed by atoms with Gasteiger partial charge in [-0.1, -0.05) is 17.7 Å². The van der Waals surface area contributed by atoms with Crippen molar-refractivity contribution in [3.8, 4) is 0 Å². The van der Waals surface area contributed by atoms with Gasteiger partial charge in [-0.2, -0.15) is 0 Å². The molecule has 1 aliphatic carbocycles. The lowest BCUT2D eigenvalue weighted by Gasteiger charge is -2.36. The summed E-state index contributed by atoms with van der Waals surface area (Å²) in [4.78, 5) is 32.7. The molecule has 0 aromatic heterocycles. The highest BCUT2D eigenvalue weighted by Gasteiger charge is 2.24. The first kappa shape index (κ1) is 20.4. The molecular weight excluding hydrogens is 376 g/mol. The smallest absolute Gasteiger partial charge is 0.244 e. The van der Waals surface area contributed by atoms with Crippen LogP contribution in [0.4, 0.5) is 5.69 Å². The number of hydrogen-bond acceptors (Lipinski definition) is 5. The number of allylic oxidation sites excluding steroid dienone is 2. The van der Waals surface area contributed by atoms with E-state index in [1.165, 1.54) is 6.92 Å². The van der Waals surface area contributed by atoms with Crippen LogP contribution >= 0.6 is 11.6 Å². The van der Waals surface area contributed by atoms with Crippen molar-refractivity contribution in [2.24, 2.45) is 10.7 Å². The first-order valence-electron chi connectivity index (χ1n) is 9.69. The van der Waals surface area contributed by atoms with Crippen molar-refractivity contribution in [3.63, 3.8) is 0 Å². The summed E-state index contributed by atoms with van der Waals surface area (Å²) in [5.74, 6) is -0.119. The molecule has 1 heterocycles. The van der Waals surface area contributed by atoms with Gasteiger partial charge >= 0.3 is 0 Å². The van der Waals surface area contributed by atoms with Gasteiger partial charge in [-0.25, -0.2) is 0 Å². The molecule has 1 aromatic carbocycles. The number of piperazine rings is 1. The number of carbonyl (C=O) groups excluding carboxylic acids is 2. The summed E-state index contributed by atoms with van der Waals surface area (Å²) >= 11 is 6.23. The van der Waals surface area contributed by atoms with Crippen LogP contribution in [0.1, 0.15) is 31.7 Å². The molecule has 0 unspecified atom stereocenters. The highest BCUT2D eigenvalue weighted by molar-refractivity contribution is 6.31. The number of amides is 1. The summed E-state index contributed by atoms with van der Waals surface area (Å²) in [6.07, 6.45) is 2.46. The third-order valence-electron chi connectivity index (χ3n) is 5.51. The molecule has 3 rings (SSSR count). The molecule has 1 aliphatic heterocycles. The molecule has 1 amide bonds. The normalized spacial score (nSPS) is 20.6. The molecule has 2 aliphatic rings. The zero-order valence-electron chi connectivity index (χ0n) is 16.5. The minimum Gasteiger partial charge on any atom is -0.396 e. The number of benzene rings is 1. The average molecular weight is 403 g/mol. The number of ketones is 1. The molecule has 150 valence electrons. The Morgan fingerprint density at radius 2 is 1.89 bits per heavy atom. The summed E-state index contributed by atoms with van der Waals surface area (Å²) in [5.41, 5.74) is 10.0. The first-order valence-corrected chi connectivity index (χ1v) is 10.1. The zero-order valence-corrected chi connectivity index (χ0v) is 17.3. The molecule has 2 fully saturated rings. The molecular formula is C21H27ClN4O2. The summed E-state index contributed by atoms with van der Waals surface area (Å²) in [6, 6.07) is 5.92. The Labute approximate surface area is 171 Å². The van der Waals surface area contributed by atoms with E-state index in [0.29, 0.717) is 13.1 Å². The van der Waals surface area contributed by atoms with Crippen LogP contribution in [0, 0.1) is 6.92 Å². The monoisotopic (exact) mass is 402 g/mol. The van der Waals surface area contributed by atoms with Gasteiger partial charge < -0.3 is 15.5 Å². The molecule has 0 atom stereocenters. The number of carbonyl (C=O) groups is 2. The van der Waals surface area contributed by atoms with Crippen LogP contribution in [0.3, 0.4) is 0 Å². The molecule has 1 aromatic rings. The van der Waals surface area contributed by atoms with Gasteiger partial charge in [0.2, 0.25) is 5.91 Å². The summed E-state index contributed by atoms with van der Waals surface area (Å²) in [6.45, 7) is 6.45. The van der Waals surface area contributed by atoms with Crippen LogP contribution in [-0.2, 0) is 9.59 Å². The second-order valence-electron chi connectivity index (χ2n) is 7.32. The number of anilines is 1. The van der Waals surface area contributed by atoms with Gasteiger partial charge in [-0.15, -0.1) is 0 Å². The fraction of sp³-hybridized carbons (Fsp3) is 0.476. The summed E-state index contributed by atoms with van der Waals surface area (Å²) < 4.78 is 0. The molecule has 0 spiro atoms. The summed E-state index contributed by atoms with van der Waals surface area (Å²) in [5, 5.41) is 0.761. The summed E-state index contributed by atoms with van der Waals surface area (Å²) in [7, 11) is 0. The van der Waals surface area contributed by atoms with Gasteiger partial charge in [0.05, 0.1) is 5.70 Å². The molecule has 7 heteroatoms. The van der Waals surface area contributed by atoms with Gasteiger partial charge in [0.1, 0.15) is 6.54 Å². The molecule has 0 radical (unpaired) electrons. The van der Waals surface area contributed by atoms with Crippen LogP contribution in [0.25, 0.3) is 0 Å². The van der Waals surface area contributed by atoms with Crippen molar-refractivity contribution in [1.82, 2.24) is 4.90 Å². The van der Waals surface area contributed by atoms with E-state index < -0.39 is 0 Å². The van der Waals surface area contributed by atoms with Crippen molar-refractivity contribution in [1.29, 1.82) is 0 Å². The zero-order chi connectivity index (χ0) is 20.3. The number of aliphatic imine (C=N–C) groups is 1. The van der Waals surface area contributed by atoms with E-state index in [4.69, 9.17) is 17.3 Å². The van der Waals surface area contributed by atoms with Crippen molar-refractivity contribution in [3.05, 3.63) is 40.1 Å². The van der Waals surface area contributed by atoms with Crippen molar-refractivity contribution in [2.75, 3.05) is 37.6 Å². The third-order valence-corrected chi connectivity index (χ3v) is 5.92. The SMILES string of the molecule is CC(=O)/C(N)=C1\CCCC1=NCC(=O)N1CCN(c2cccc(Cl)c2C)CC1. The third kappa shape index (κ3) is 4.38. The van der Waals surface area contributed by atoms with E-state index in [-0.39, 0.29) is 23.9 Å². The topological polar surface area (TPSA) is 79.0 Å². The van der Waals surface area contributed by atoms with E-state index in [1.807, 2.05) is 24.0 Å². The predicted octanol–water partition coefficient (Wildman–Crippen LogP) is 2.72. The largest absolute Gasteiger partial charge is 0.396 e. The second kappa shape index (κ2) is 8.78.